The lowest BCUT2D eigenvalue weighted by Crippen LogP contribution is -2.02. The second kappa shape index (κ2) is 1.75. The zero-order valence-corrected chi connectivity index (χ0v) is 6.05. The average molecular weight is 149 g/mol. The number of fused-ring (bicyclic) bond motifs is 1. The number of ether oxygens (including phenoxy) is 1. The highest BCUT2D eigenvalue weighted by atomic mass is 16.5. The SMILES string of the molecule is COC(=O)c1c(N)cc2cc1-2. The van der Waals surface area contributed by atoms with Crippen LogP contribution in [0.15, 0.2) is 12.1 Å². The Bertz CT molecular complexity index is 344. The van der Waals surface area contributed by atoms with E-state index in [4.69, 9.17) is 5.73 Å². The van der Waals surface area contributed by atoms with Crippen molar-refractivity contribution in [3.05, 3.63) is 17.7 Å². The van der Waals surface area contributed by atoms with Crippen molar-refractivity contribution >= 4 is 11.7 Å². The third kappa shape index (κ3) is 0.707. The van der Waals surface area contributed by atoms with Crippen LogP contribution in [0.4, 0.5) is 5.69 Å². The molecule has 2 aliphatic rings. The summed E-state index contributed by atoms with van der Waals surface area (Å²) in [4.78, 5) is 11.0. The van der Waals surface area contributed by atoms with Gasteiger partial charge in [-0.1, -0.05) is 0 Å². The van der Waals surface area contributed by atoms with Gasteiger partial charge in [-0.3, -0.25) is 0 Å². The van der Waals surface area contributed by atoms with Crippen molar-refractivity contribution in [2.45, 2.75) is 0 Å². The molecule has 3 nitrogen and oxygen atoms in total. The first-order chi connectivity index (χ1) is 5.24. The second-order valence-electron chi connectivity index (χ2n) is 2.48. The molecule has 0 amide bonds. The van der Waals surface area contributed by atoms with E-state index in [2.05, 4.69) is 4.74 Å². The molecule has 0 bridgehead atoms. The molecule has 0 heterocycles. The van der Waals surface area contributed by atoms with E-state index >= 15 is 0 Å². The van der Waals surface area contributed by atoms with Gasteiger partial charge < -0.3 is 10.5 Å². The summed E-state index contributed by atoms with van der Waals surface area (Å²) in [6.07, 6.45) is 0. The molecule has 0 radical (unpaired) electrons. The first-order valence-corrected chi connectivity index (χ1v) is 3.26. The van der Waals surface area contributed by atoms with Crippen LogP contribution in [0.2, 0.25) is 0 Å². The third-order valence-electron chi connectivity index (χ3n) is 1.79. The topological polar surface area (TPSA) is 52.3 Å². The van der Waals surface area contributed by atoms with E-state index < -0.39 is 0 Å². The molecule has 2 aliphatic carbocycles. The molecular weight excluding hydrogens is 142 g/mol. The van der Waals surface area contributed by atoms with Crippen molar-refractivity contribution in [1.29, 1.82) is 0 Å². The summed E-state index contributed by atoms with van der Waals surface area (Å²) >= 11 is 0. The highest BCUT2D eigenvalue weighted by Gasteiger charge is 2.26. The maximum Gasteiger partial charge on any atom is 0.340 e. The Kier molecular flexibility index (Phi) is 0.990. The van der Waals surface area contributed by atoms with Gasteiger partial charge in [0, 0.05) is 5.69 Å². The zero-order chi connectivity index (χ0) is 8.01. The van der Waals surface area contributed by atoms with Gasteiger partial charge in [0.25, 0.3) is 0 Å². The van der Waals surface area contributed by atoms with Gasteiger partial charge in [0.15, 0.2) is 0 Å². The van der Waals surface area contributed by atoms with Gasteiger partial charge in [-0.2, -0.15) is 0 Å². The second-order valence-corrected chi connectivity index (χ2v) is 2.48. The van der Waals surface area contributed by atoms with Crippen molar-refractivity contribution in [3.63, 3.8) is 0 Å². The molecule has 0 aromatic heterocycles. The Balaban J connectivity index is 2.45. The largest absolute Gasteiger partial charge is 0.465 e. The lowest BCUT2D eigenvalue weighted by molar-refractivity contribution is 0.0603. The summed E-state index contributed by atoms with van der Waals surface area (Å²) in [5.41, 5.74) is 8.57. The van der Waals surface area contributed by atoms with Crippen LogP contribution in [0.3, 0.4) is 0 Å². The van der Waals surface area contributed by atoms with Gasteiger partial charge in [0.1, 0.15) is 0 Å². The predicted molar refractivity (Wildman–Crippen MR) is 41.2 cm³/mol. The summed E-state index contributed by atoms with van der Waals surface area (Å²) in [7, 11) is 1.35. The third-order valence-corrected chi connectivity index (χ3v) is 1.79. The fraction of sp³-hybridized carbons (Fsp3) is 0.125. The molecule has 11 heavy (non-hydrogen) atoms. The molecule has 0 spiro atoms. The minimum absolute atomic E-state index is 0.350. The molecule has 0 aromatic carbocycles. The van der Waals surface area contributed by atoms with Crippen LogP contribution in [0, 0.1) is 0 Å². The standard InChI is InChI=1S/C8H7NO2/c1-11-8(10)7-5-2-4(5)3-6(7)9/h2-3H,9H2,1H3. The van der Waals surface area contributed by atoms with Gasteiger partial charge in [0.05, 0.1) is 12.7 Å². The van der Waals surface area contributed by atoms with Gasteiger partial charge in [-0.25, -0.2) is 4.79 Å². The van der Waals surface area contributed by atoms with Crippen LogP contribution in [0.5, 0.6) is 0 Å². The molecule has 0 fully saturated rings. The quantitative estimate of drug-likeness (QED) is 0.486. The molecule has 2 N–H and O–H groups in total. The molecule has 2 rings (SSSR count). The molecule has 56 valence electrons. The number of nitrogens with two attached hydrogens (primary N) is 1. The Morgan fingerprint density at radius 2 is 2.27 bits per heavy atom. The number of benzene rings is 1. The van der Waals surface area contributed by atoms with Crippen molar-refractivity contribution in [2.24, 2.45) is 0 Å². The highest BCUT2D eigenvalue weighted by molar-refractivity contribution is 6.09. The van der Waals surface area contributed by atoms with Crippen molar-refractivity contribution in [3.8, 4) is 11.1 Å². The van der Waals surface area contributed by atoms with Gasteiger partial charge in [-0.15, -0.1) is 0 Å². The van der Waals surface area contributed by atoms with Crippen LogP contribution >= 0.6 is 0 Å². The van der Waals surface area contributed by atoms with Crippen LogP contribution < -0.4 is 5.73 Å². The summed E-state index contributed by atoms with van der Waals surface area (Å²) in [6, 6.07) is 3.68. The Hall–Kier alpha value is -1.51. The maximum absolute atomic E-state index is 11.0. The summed E-state index contributed by atoms with van der Waals surface area (Å²) in [5.74, 6) is -0.350. The number of esters is 1. The van der Waals surface area contributed by atoms with E-state index in [0.717, 1.165) is 11.1 Å². The normalized spacial score (nSPS) is 11.0. The highest BCUT2D eigenvalue weighted by Crippen LogP contribution is 2.42. The molecule has 0 saturated heterocycles. The smallest absolute Gasteiger partial charge is 0.340 e. The minimum atomic E-state index is -0.350. The molecule has 0 aromatic rings. The molecule has 0 saturated carbocycles. The van der Waals surface area contributed by atoms with E-state index in [9.17, 15) is 4.79 Å². The van der Waals surface area contributed by atoms with Crippen LogP contribution in [-0.2, 0) is 4.74 Å². The number of carbonyl (C=O) groups is 1. The number of hydrogen-bond acceptors (Lipinski definition) is 3. The van der Waals surface area contributed by atoms with Gasteiger partial charge in [0.2, 0.25) is 0 Å². The lowest BCUT2D eigenvalue weighted by Gasteiger charge is -1.96. The zero-order valence-electron chi connectivity index (χ0n) is 6.05. The molecule has 0 aliphatic heterocycles. The first kappa shape index (κ1) is 6.22. The fourth-order valence-electron chi connectivity index (χ4n) is 1.18. The van der Waals surface area contributed by atoms with Crippen molar-refractivity contribution in [2.75, 3.05) is 12.8 Å². The monoisotopic (exact) mass is 149 g/mol. The van der Waals surface area contributed by atoms with Gasteiger partial charge >= 0.3 is 5.97 Å². The van der Waals surface area contributed by atoms with E-state index in [1.807, 2.05) is 6.07 Å². The predicted octanol–water partition coefficient (Wildman–Crippen LogP) is 1.04. The Morgan fingerprint density at radius 3 is 2.73 bits per heavy atom. The molecule has 0 unspecified atom stereocenters. The Morgan fingerprint density at radius 1 is 1.55 bits per heavy atom. The molecular formula is C8H7NO2. The lowest BCUT2D eigenvalue weighted by atomic mass is 10.2. The van der Waals surface area contributed by atoms with E-state index in [-0.39, 0.29) is 5.97 Å². The number of rotatable bonds is 1. The average Bonchev–Trinajstić information content (AvgIpc) is 2.63. The van der Waals surface area contributed by atoms with Crippen LogP contribution in [0.1, 0.15) is 10.4 Å². The summed E-state index contributed by atoms with van der Waals surface area (Å²) < 4.78 is 4.55. The van der Waals surface area contributed by atoms with Crippen molar-refractivity contribution < 1.29 is 9.53 Å². The number of nitrogen functional groups attached to an aromatic ring is 1. The number of anilines is 1. The van der Waals surface area contributed by atoms with E-state index in [1.165, 1.54) is 7.11 Å². The van der Waals surface area contributed by atoms with Crippen LogP contribution in [-0.4, -0.2) is 13.1 Å². The van der Waals surface area contributed by atoms with E-state index in [1.54, 1.807) is 6.07 Å². The maximum atomic E-state index is 11.0. The van der Waals surface area contributed by atoms with Crippen molar-refractivity contribution in [1.82, 2.24) is 0 Å². The molecule has 0 atom stereocenters. The van der Waals surface area contributed by atoms with Gasteiger partial charge in [-0.05, 0) is 23.3 Å². The summed E-state index contributed by atoms with van der Waals surface area (Å²) in [6.45, 7) is 0. The number of carbonyl (C=O) groups excluding carboxylic acids is 1. The summed E-state index contributed by atoms with van der Waals surface area (Å²) in [5, 5.41) is 0. The fourth-order valence-corrected chi connectivity index (χ4v) is 1.18. The first-order valence-electron chi connectivity index (χ1n) is 3.26. The minimum Gasteiger partial charge on any atom is -0.465 e. The van der Waals surface area contributed by atoms with E-state index in [0.29, 0.717) is 11.3 Å². The number of hydrogen-bond donors (Lipinski definition) is 1. The Labute approximate surface area is 63.8 Å². The molecule has 3 heteroatoms. The van der Waals surface area contributed by atoms with Crippen LogP contribution in [0.25, 0.3) is 11.1 Å². The number of methoxy groups -OCH3 is 1.